The number of halogens is 2. The van der Waals surface area contributed by atoms with Gasteiger partial charge in [-0.2, -0.15) is 0 Å². The average Bonchev–Trinajstić information content (AvgIpc) is 3.33. The number of hydrogen-bond donors (Lipinski definition) is 5. The van der Waals surface area contributed by atoms with Crippen LogP contribution in [0.1, 0.15) is 49.9 Å². The van der Waals surface area contributed by atoms with E-state index in [1.54, 1.807) is 13.8 Å². The summed E-state index contributed by atoms with van der Waals surface area (Å²) >= 11 is 0. The van der Waals surface area contributed by atoms with Crippen LogP contribution < -0.4 is 21.7 Å². The van der Waals surface area contributed by atoms with Crippen LogP contribution in [0.5, 0.6) is 0 Å². The first-order valence-electron chi connectivity index (χ1n) is 11.9. The summed E-state index contributed by atoms with van der Waals surface area (Å²) in [4.78, 5) is 52.5. The number of carbonyl (C=O) groups is 4. The molecule has 1 fully saturated rings. The van der Waals surface area contributed by atoms with Crippen molar-refractivity contribution >= 4 is 29.5 Å². The van der Waals surface area contributed by atoms with Gasteiger partial charge < -0.3 is 26.6 Å². The van der Waals surface area contributed by atoms with E-state index in [9.17, 15) is 28.0 Å². The van der Waals surface area contributed by atoms with Crippen molar-refractivity contribution in [3.63, 3.8) is 0 Å². The smallest absolute Gasteiger partial charge is 0.251 e. The van der Waals surface area contributed by atoms with Crippen molar-refractivity contribution in [2.24, 2.45) is 11.7 Å². The van der Waals surface area contributed by atoms with Crippen molar-refractivity contribution in [1.82, 2.24) is 20.9 Å². The number of alkyl halides is 1. The maximum absolute atomic E-state index is 13.4. The lowest BCUT2D eigenvalue weighted by atomic mass is 10.0. The van der Waals surface area contributed by atoms with Crippen molar-refractivity contribution < 1.29 is 28.0 Å². The molecule has 0 bridgehead atoms. The number of benzene rings is 1. The molecule has 0 unspecified atom stereocenters. The van der Waals surface area contributed by atoms with Crippen molar-refractivity contribution in [3.8, 4) is 0 Å². The van der Waals surface area contributed by atoms with E-state index in [0.29, 0.717) is 19.3 Å². The quantitative estimate of drug-likeness (QED) is 0.160. The van der Waals surface area contributed by atoms with Crippen molar-refractivity contribution in [2.45, 2.75) is 57.7 Å². The molecule has 1 aliphatic rings. The van der Waals surface area contributed by atoms with Gasteiger partial charge in [-0.25, -0.2) is 8.78 Å². The molecule has 198 valence electrons. The van der Waals surface area contributed by atoms with Crippen LogP contribution >= 0.6 is 0 Å². The molecule has 3 atom stereocenters. The van der Waals surface area contributed by atoms with Gasteiger partial charge in [-0.3, -0.25) is 24.6 Å². The van der Waals surface area contributed by atoms with E-state index < -0.39 is 54.1 Å². The van der Waals surface area contributed by atoms with Crippen LogP contribution in [0.4, 0.5) is 8.78 Å². The Morgan fingerprint density at radius 1 is 1.17 bits per heavy atom. The summed E-state index contributed by atoms with van der Waals surface area (Å²) in [5, 5.41) is 15.0. The number of ketones is 1. The second kappa shape index (κ2) is 13.5. The molecule has 3 amide bonds. The number of carbonyl (C=O) groups excluding carboxylic acids is 4. The molecule has 1 aromatic carbocycles. The number of Topliss-reactive ketones (excluding diaryl/α,β-unsaturated/α-hetero) is 1. The van der Waals surface area contributed by atoms with Gasteiger partial charge in [-0.05, 0) is 55.9 Å². The van der Waals surface area contributed by atoms with Gasteiger partial charge >= 0.3 is 0 Å². The number of nitrogens with zero attached hydrogens (tertiary/aromatic N) is 1. The van der Waals surface area contributed by atoms with E-state index in [0.717, 1.165) is 12.1 Å². The summed E-state index contributed by atoms with van der Waals surface area (Å²) in [6.45, 7) is 2.83. The Kier molecular flexibility index (Phi) is 10.8. The Morgan fingerprint density at radius 2 is 1.83 bits per heavy atom. The van der Waals surface area contributed by atoms with Crippen LogP contribution in [0.15, 0.2) is 24.3 Å². The molecule has 36 heavy (non-hydrogen) atoms. The molecule has 2 rings (SSSR count). The zero-order valence-corrected chi connectivity index (χ0v) is 20.5. The Hall–Kier alpha value is -3.57. The molecule has 0 aromatic heterocycles. The van der Waals surface area contributed by atoms with Crippen LogP contribution in [0.2, 0.25) is 0 Å². The molecular weight excluding hydrogens is 474 g/mol. The fourth-order valence-electron chi connectivity index (χ4n) is 4.03. The van der Waals surface area contributed by atoms with E-state index in [2.05, 4.69) is 16.0 Å². The van der Waals surface area contributed by atoms with Gasteiger partial charge in [0.05, 0.1) is 6.04 Å². The van der Waals surface area contributed by atoms with Crippen molar-refractivity contribution in [2.75, 3.05) is 19.8 Å². The number of guanidine groups is 1. The summed E-state index contributed by atoms with van der Waals surface area (Å²) in [6.07, 6.45) is 1.40. The van der Waals surface area contributed by atoms with Crippen LogP contribution in [-0.4, -0.2) is 72.3 Å². The summed E-state index contributed by atoms with van der Waals surface area (Å²) in [5.41, 5.74) is 5.41. The van der Waals surface area contributed by atoms with E-state index in [1.165, 1.54) is 17.0 Å². The highest BCUT2D eigenvalue weighted by atomic mass is 19.1. The molecular formula is C24H34F2N6O4. The minimum atomic E-state index is -1.25. The summed E-state index contributed by atoms with van der Waals surface area (Å²) in [5.74, 6) is -3.38. The van der Waals surface area contributed by atoms with Crippen LogP contribution in [-0.2, 0) is 14.4 Å². The predicted molar refractivity (Wildman–Crippen MR) is 129 cm³/mol. The van der Waals surface area contributed by atoms with Gasteiger partial charge in [0.2, 0.25) is 11.8 Å². The van der Waals surface area contributed by atoms with Crippen LogP contribution in [0.3, 0.4) is 0 Å². The van der Waals surface area contributed by atoms with Gasteiger partial charge in [0.25, 0.3) is 5.91 Å². The van der Waals surface area contributed by atoms with Gasteiger partial charge in [0, 0.05) is 18.7 Å². The molecule has 1 aromatic rings. The first-order chi connectivity index (χ1) is 17.0. The second-order valence-electron chi connectivity index (χ2n) is 9.04. The maximum atomic E-state index is 13.4. The number of hydrogen-bond acceptors (Lipinski definition) is 5. The van der Waals surface area contributed by atoms with E-state index in [-0.39, 0.29) is 37.0 Å². The fraction of sp³-hybridized carbons (Fsp3) is 0.542. The van der Waals surface area contributed by atoms with Crippen LogP contribution in [0.25, 0.3) is 0 Å². The number of rotatable bonds is 12. The zero-order chi connectivity index (χ0) is 26.8. The SMILES string of the molecule is CC(C)[C@H](NC(=O)c1ccc(F)cc1)C(=O)N1CCC[C@H]1C(=O)N[C@@H](CCCNC(=N)N)C(=O)CF. The summed E-state index contributed by atoms with van der Waals surface area (Å²) in [7, 11) is 0. The lowest BCUT2D eigenvalue weighted by Gasteiger charge is -2.31. The first kappa shape index (κ1) is 28.7. The van der Waals surface area contributed by atoms with Crippen molar-refractivity contribution in [1.29, 1.82) is 5.41 Å². The molecule has 0 aliphatic carbocycles. The van der Waals surface area contributed by atoms with E-state index in [1.807, 2.05) is 0 Å². The minimum absolute atomic E-state index is 0.137. The molecule has 1 heterocycles. The van der Waals surface area contributed by atoms with E-state index >= 15 is 0 Å². The molecule has 12 heteroatoms. The van der Waals surface area contributed by atoms with Gasteiger partial charge in [-0.1, -0.05) is 13.8 Å². The molecule has 6 N–H and O–H groups in total. The standard InChI is InChI=1S/C24H34F2N6O4/c1-14(2)20(31-21(34)15-7-9-16(26)10-8-15)23(36)32-12-4-6-18(32)22(35)30-17(19(33)13-25)5-3-11-29-24(27)28/h7-10,14,17-18,20H,3-6,11-13H2,1-2H3,(H,30,35)(H,31,34)(H4,27,28,29)/t17-,18-,20-/m0/s1. The number of amides is 3. The Labute approximate surface area is 208 Å². The van der Waals surface area contributed by atoms with Gasteiger partial charge in [-0.15, -0.1) is 0 Å². The summed E-state index contributed by atoms with van der Waals surface area (Å²) in [6, 6.07) is 2.04. The lowest BCUT2D eigenvalue weighted by Crippen LogP contribution is -2.56. The molecule has 0 spiro atoms. The molecule has 1 aliphatic heterocycles. The third-order valence-electron chi connectivity index (χ3n) is 5.99. The second-order valence-corrected chi connectivity index (χ2v) is 9.04. The van der Waals surface area contributed by atoms with Crippen LogP contribution in [0, 0.1) is 17.1 Å². The molecule has 0 saturated carbocycles. The highest BCUT2D eigenvalue weighted by Crippen LogP contribution is 2.21. The topological polar surface area (TPSA) is 157 Å². The van der Waals surface area contributed by atoms with Gasteiger partial charge in [0.15, 0.2) is 11.7 Å². The molecule has 1 saturated heterocycles. The Bertz CT molecular complexity index is 956. The monoisotopic (exact) mass is 508 g/mol. The minimum Gasteiger partial charge on any atom is -0.370 e. The molecule has 10 nitrogen and oxygen atoms in total. The number of nitrogens with two attached hydrogens (primary N) is 1. The maximum Gasteiger partial charge on any atom is 0.251 e. The molecule has 0 radical (unpaired) electrons. The van der Waals surface area contributed by atoms with Gasteiger partial charge in [0.1, 0.15) is 24.6 Å². The van der Waals surface area contributed by atoms with Crippen molar-refractivity contribution in [3.05, 3.63) is 35.6 Å². The fourth-order valence-corrected chi connectivity index (χ4v) is 4.03. The normalized spacial score (nSPS) is 16.8. The summed E-state index contributed by atoms with van der Waals surface area (Å²) < 4.78 is 26.3. The third-order valence-corrected chi connectivity index (χ3v) is 5.99. The zero-order valence-electron chi connectivity index (χ0n) is 20.5. The Balaban J connectivity index is 2.08. The third kappa shape index (κ3) is 7.99. The number of nitrogens with one attached hydrogen (secondary N) is 4. The predicted octanol–water partition coefficient (Wildman–Crippen LogP) is 0.858. The largest absolute Gasteiger partial charge is 0.370 e. The highest BCUT2D eigenvalue weighted by Gasteiger charge is 2.39. The Morgan fingerprint density at radius 3 is 2.42 bits per heavy atom. The van der Waals surface area contributed by atoms with E-state index in [4.69, 9.17) is 11.1 Å². The lowest BCUT2D eigenvalue weighted by molar-refractivity contribution is -0.141. The number of likely N-dealkylation sites (tertiary alicyclic amines) is 1. The average molecular weight is 509 g/mol. The highest BCUT2D eigenvalue weighted by molar-refractivity contribution is 5.99. The first-order valence-corrected chi connectivity index (χ1v) is 11.9.